The Morgan fingerprint density at radius 2 is 1.88 bits per heavy atom. The highest BCUT2D eigenvalue weighted by atomic mass is 19.2. The molecule has 4 heteroatoms. The Kier molecular flexibility index (Phi) is 2.84. The lowest BCUT2D eigenvalue weighted by atomic mass is 9.89. The second-order valence-corrected chi connectivity index (χ2v) is 4.34. The molecule has 0 aromatic heterocycles. The molecule has 0 heterocycles. The van der Waals surface area contributed by atoms with Gasteiger partial charge >= 0.3 is 0 Å². The minimum Gasteiger partial charge on any atom is -0.494 e. The monoisotopic (exact) mass is 227 g/mol. The predicted octanol–water partition coefficient (Wildman–Crippen LogP) is 2.70. The molecule has 2 N–H and O–H groups in total. The lowest BCUT2D eigenvalue weighted by Gasteiger charge is -2.24. The van der Waals surface area contributed by atoms with Crippen LogP contribution in [-0.2, 0) is 5.54 Å². The van der Waals surface area contributed by atoms with Crippen LogP contribution in [0.3, 0.4) is 0 Å². The Bertz CT molecular complexity index is 400. The van der Waals surface area contributed by atoms with Crippen molar-refractivity contribution in [3.63, 3.8) is 0 Å². The van der Waals surface area contributed by atoms with Gasteiger partial charge in [-0.25, -0.2) is 4.39 Å². The molecular formula is C12H15F2NO. The third-order valence-electron chi connectivity index (χ3n) is 3.29. The molecule has 2 nitrogen and oxygen atoms in total. The van der Waals surface area contributed by atoms with Gasteiger partial charge < -0.3 is 10.5 Å². The maximum absolute atomic E-state index is 13.3. The summed E-state index contributed by atoms with van der Waals surface area (Å²) in [6.07, 6.45) is 3.66. The molecule has 16 heavy (non-hydrogen) atoms. The van der Waals surface area contributed by atoms with Crippen LogP contribution in [0.5, 0.6) is 5.75 Å². The van der Waals surface area contributed by atoms with Crippen molar-refractivity contribution in [3.05, 3.63) is 29.3 Å². The fraction of sp³-hybridized carbons (Fsp3) is 0.500. The number of methoxy groups -OCH3 is 1. The quantitative estimate of drug-likeness (QED) is 0.843. The molecule has 1 aliphatic rings. The Hall–Kier alpha value is -1.16. The first-order valence-corrected chi connectivity index (χ1v) is 5.39. The summed E-state index contributed by atoms with van der Waals surface area (Å²) in [5.41, 5.74) is 6.28. The van der Waals surface area contributed by atoms with Crippen LogP contribution in [0.4, 0.5) is 8.78 Å². The van der Waals surface area contributed by atoms with E-state index in [4.69, 9.17) is 10.5 Å². The minimum absolute atomic E-state index is 0.0771. The minimum atomic E-state index is -0.951. The number of hydrogen-bond acceptors (Lipinski definition) is 2. The summed E-state index contributed by atoms with van der Waals surface area (Å²) >= 11 is 0. The Balaban J connectivity index is 2.45. The van der Waals surface area contributed by atoms with Gasteiger partial charge in [0.15, 0.2) is 11.6 Å². The van der Waals surface area contributed by atoms with Crippen molar-refractivity contribution in [1.29, 1.82) is 0 Å². The number of halogens is 2. The largest absolute Gasteiger partial charge is 0.494 e. The lowest BCUT2D eigenvalue weighted by molar-refractivity contribution is 0.365. The van der Waals surface area contributed by atoms with Crippen LogP contribution in [0.15, 0.2) is 12.1 Å². The summed E-state index contributed by atoms with van der Waals surface area (Å²) in [6, 6.07) is 2.69. The van der Waals surface area contributed by atoms with E-state index in [0.717, 1.165) is 25.7 Å². The van der Waals surface area contributed by atoms with Crippen LogP contribution in [0.1, 0.15) is 31.2 Å². The first kappa shape index (κ1) is 11.3. The van der Waals surface area contributed by atoms with Crippen LogP contribution in [0.2, 0.25) is 0 Å². The van der Waals surface area contributed by atoms with Crippen molar-refractivity contribution in [3.8, 4) is 5.75 Å². The molecule has 1 fully saturated rings. The van der Waals surface area contributed by atoms with Crippen molar-refractivity contribution in [1.82, 2.24) is 0 Å². The van der Waals surface area contributed by atoms with Gasteiger partial charge in [-0.15, -0.1) is 0 Å². The highest BCUT2D eigenvalue weighted by Crippen LogP contribution is 2.38. The zero-order chi connectivity index (χ0) is 11.8. The normalized spacial score (nSPS) is 18.8. The molecule has 1 aromatic carbocycles. The molecule has 0 bridgehead atoms. The molecule has 0 aliphatic heterocycles. The van der Waals surface area contributed by atoms with Gasteiger partial charge in [-0.2, -0.15) is 4.39 Å². The highest BCUT2D eigenvalue weighted by Gasteiger charge is 2.32. The van der Waals surface area contributed by atoms with Crippen LogP contribution >= 0.6 is 0 Å². The lowest BCUT2D eigenvalue weighted by Crippen LogP contribution is -2.33. The maximum atomic E-state index is 13.3. The van der Waals surface area contributed by atoms with Crippen molar-refractivity contribution in [2.45, 2.75) is 31.2 Å². The van der Waals surface area contributed by atoms with E-state index in [9.17, 15) is 8.78 Å². The third kappa shape index (κ3) is 1.78. The third-order valence-corrected chi connectivity index (χ3v) is 3.29. The molecule has 2 rings (SSSR count). The molecule has 0 saturated heterocycles. The van der Waals surface area contributed by atoms with E-state index >= 15 is 0 Å². The second-order valence-electron chi connectivity index (χ2n) is 4.34. The molecule has 88 valence electrons. The zero-order valence-corrected chi connectivity index (χ0v) is 9.22. The summed E-state index contributed by atoms with van der Waals surface area (Å²) in [7, 11) is 1.32. The molecule has 1 saturated carbocycles. The zero-order valence-electron chi connectivity index (χ0n) is 9.22. The molecule has 1 aliphatic carbocycles. The molecule has 0 atom stereocenters. The number of ether oxygens (including phenoxy) is 1. The van der Waals surface area contributed by atoms with Crippen molar-refractivity contribution < 1.29 is 13.5 Å². The van der Waals surface area contributed by atoms with E-state index in [1.54, 1.807) is 0 Å². The SMILES string of the molecule is COc1cc(C2(N)CCCC2)cc(F)c1F. The van der Waals surface area contributed by atoms with E-state index < -0.39 is 17.2 Å². The van der Waals surface area contributed by atoms with E-state index in [0.29, 0.717) is 5.56 Å². The van der Waals surface area contributed by atoms with Gasteiger partial charge in [0, 0.05) is 5.54 Å². The van der Waals surface area contributed by atoms with Gasteiger partial charge in [0.05, 0.1) is 7.11 Å². The summed E-state index contributed by atoms with van der Waals surface area (Å²) in [6.45, 7) is 0. The van der Waals surface area contributed by atoms with Gasteiger partial charge in [0.25, 0.3) is 0 Å². The fourth-order valence-electron chi connectivity index (χ4n) is 2.29. The number of rotatable bonds is 2. The molecule has 0 radical (unpaired) electrons. The Labute approximate surface area is 93.4 Å². The summed E-state index contributed by atoms with van der Waals surface area (Å²) in [5, 5.41) is 0. The maximum Gasteiger partial charge on any atom is 0.200 e. The van der Waals surface area contributed by atoms with Gasteiger partial charge in [-0.3, -0.25) is 0 Å². The van der Waals surface area contributed by atoms with Crippen molar-refractivity contribution in [2.24, 2.45) is 5.73 Å². The molecular weight excluding hydrogens is 212 g/mol. The van der Waals surface area contributed by atoms with E-state index in [-0.39, 0.29) is 5.75 Å². The average molecular weight is 227 g/mol. The Morgan fingerprint density at radius 3 is 2.44 bits per heavy atom. The number of nitrogens with two attached hydrogens (primary N) is 1. The van der Waals surface area contributed by atoms with Gasteiger partial charge in [0.1, 0.15) is 0 Å². The summed E-state index contributed by atoms with van der Waals surface area (Å²) in [4.78, 5) is 0. The molecule has 0 amide bonds. The molecule has 0 unspecified atom stereocenters. The summed E-state index contributed by atoms with van der Waals surface area (Å²) in [5.74, 6) is -1.93. The first-order valence-electron chi connectivity index (χ1n) is 5.39. The number of hydrogen-bond donors (Lipinski definition) is 1. The average Bonchev–Trinajstić information content (AvgIpc) is 2.70. The van der Waals surface area contributed by atoms with Crippen LogP contribution in [-0.4, -0.2) is 7.11 Å². The number of benzene rings is 1. The Morgan fingerprint density at radius 1 is 1.25 bits per heavy atom. The van der Waals surface area contributed by atoms with Crippen molar-refractivity contribution in [2.75, 3.05) is 7.11 Å². The van der Waals surface area contributed by atoms with E-state index in [1.807, 2.05) is 0 Å². The topological polar surface area (TPSA) is 35.2 Å². The first-order chi connectivity index (χ1) is 7.57. The van der Waals surface area contributed by atoms with Crippen LogP contribution < -0.4 is 10.5 Å². The smallest absolute Gasteiger partial charge is 0.200 e. The molecule has 0 spiro atoms. The van der Waals surface area contributed by atoms with Gasteiger partial charge in [-0.1, -0.05) is 12.8 Å². The summed E-state index contributed by atoms with van der Waals surface area (Å²) < 4.78 is 31.4. The van der Waals surface area contributed by atoms with Gasteiger partial charge in [-0.05, 0) is 30.5 Å². The molecule has 1 aromatic rings. The van der Waals surface area contributed by atoms with Gasteiger partial charge in [0.2, 0.25) is 5.82 Å². The highest BCUT2D eigenvalue weighted by molar-refractivity contribution is 5.36. The van der Waals surface area contributed by atoms with Crippen LogP contribution in [0, 0.1) is 11.6 Å². The fourth-order valence-corrected chi connectivity index (χ4v) is 2.29. The second kappa shape index (κ2) is 4.01. The van der Waals surface area contributed by atoms with E-state index in [1.165, 1.54) is 19.2 Å². The predicted molar refractivity (Wildman–Crippen MR) is 57.2 cm³/mol. The van der Waals surface area contributed by atoms with Crippen LogP contribution in [0.25, 0.3) is 0 Å². The van der Waals surface area contributed by atoms with E-state index in [2.05, 4.69) is 0 Å². The van der Waals surface area contributed by atoms with Crippen molar-refractivity contribution >= 4 is 0 Å². The standard InChI is InChI=1S/C12H15F2NO/c1-16-10-7-8(6-9(13)11(10)14)12(15)4-2-3-5-12/h6-7H,2-5,15H2,1H3.